The molecule has 0 heterocycles. The van der Waals surface area contributed by atoms with Gasteiger partial charge < -0.3 is 0 Å². The van der Waals surface area contributed by atoms with Gasteiger partial charge in [-0.15, -0.1) is 0 Å². The van der Waals surface area contributed by atoms with Crippen molar-refractivity contribution >= 4 is 109 Å². The quantitative estimate of drug-likeness (QED) is 0.0613. The van der Waals surface area contributed by atoms with E-state index in [2.05, 4.69) is 480 Å². The summed E-state index contributed by atoms with van der Waals surface area (Å²) >= 11 is 2.48. The van der Waals surface area contributed by atoms with Crippen LogP contribution >= 0.6 is 22.6 Å². The van der Waals surface area contributed by atoms with E-state index in [9.17, 15) is 0 Å². The molecule has 2 aliphatic rings. The fraction of sp³-hybridized carbons (Fsp3) is 0.0233. The highest BCUT2D eigenvalue weighted by Crippen LogP contribution is 2.68. The third kappa shape index (κ3) is 11.3. The van der Waals surface area contributed by atoms with Gasteiger partial charge in [-0.05, 0) is 331 Å². The molecule has 2 aliphatic carbocycles. The van der Waals surface area contributed by atoms with E-state index in [1.54, 1.807) is 0 Å². The Labute approximate surface area is 769 Å². The highest BCUT2D eigenvalue weighted by molar-refractivity contribution is 14.1. The number of fused-ring (bicyclic) bond motifs is 12. The molecule has 0 aromatic heterocycles. The fourth-order valence-electron chi connectivity index (χ4n) is 23.1. The van der Waals surface area contributed by atoms with E-state index in [4.69, 9.17) is 0 Å². The van der Waals surface area contributed by atoms with Crippen molar-refractivity contribution in [2.24, 2.45) is 0 Å². The average Bonchev–Trinajstić information content (AvgIpc) is 1.48. The highest BCUT2D eigenvalue weighted by atomic mass is 127. The molecule has 0 fully saturated rings. The predicted octanol–water partition coefficient (Wildman–Crippen LogP) is 36.8. The third-order valence-corrected chi connectivity index (χ3v) is 29.0. The Balaban J connectivity index is 0.784. The van der Waals surface area contributed by atoms with E-state index < -0.39 is 0 Å². The van der Waals surface area contributed by atoms with Gasteiger partial charge in [-0.1, -0.05) is 441 Å². The zero-order chi connectivity index (χ0) is 86.1. The first-order valence-electron chi connectivity index (χ1n) is 45.3. The fourth-order valence-corrected chi connectivity index (χ4v) is 23.4. The number of hydrogen-bond acceptors (Lipinski definition) is 0. The van der Waals surface area contributed by atoms with Crippen LogP contribution < -0.4 is 0 Å². The number of halogens is 1. The van der Waals surface area contributed by atoms with Crippen molar-refractivity contribution < 1.29 is 0 Å². The van der Waals surface area contributed by atoms with Gasteiger partial charge in [0.25, 0.3) is 0 Å². The normalized spacial score (nSPS) is 12.0. The lowest BCUT2D eigenvalue weighted by molar-refractivity contribution is 1.46. The summed E-state index contributed by atoms with van der Waals surface area (Å²) in [6.07, 6.45) is 0. The van der Waals surface area contributed by atoms with Crippen LogP contribution in [0, 0.1) is 24.3 Å². The van der Waals surface area contributed by atoms with Crippen LogP contribution in [0.15, 0.2) is 437 Å². The van der Waals surface area contributed by atoms with Crippen LogP contribution in [0.3, 0.4) is 0 Å². The van der Waals surface area contributed by atoms with Crippen molar-refractivity contribution in [1.29, 1.82) is 0 Å². The van der Waals surface area contributed by atoms with Gasteiger partial charge in [0.05, 0.1) is 0 Å². The lowest BCUT2D eigenvalue weighted by Gasteiger charge is -2.30. The Hall–Kier alpha value is -15.7. The minimum absolute atomic E-state index is 1.16. The maximum absolute atomic E-state index is 2.53. The zero-order valence-electron chi connectivity index (χ0n) is 71.9. The van der Waals surface area contributed by atoms with Crippen LogP contribution in [-0.2, 0) is 0 Å². The SMILES string of the molecule is Cc1ccc(-c2c(-c3ccc(C)cc3)c(-c3ccccc3)c3c(-c4ccccc4)c4c(c(-c5ccccc5)c3c2-c2ccccc2)-c2cccc3c(-c5c6ccccc6c6c7ccc8c9c(ccc(c%10cccc5c%106)c97)-c5c-8c(-c6ccccc6)c6c(-c7ccccc7)c(-c7ccc(I)cc7)c(-c7ccc(C)cc7)c(-c7ccccc7)c6c5-c5ccccc5)ccc-4c23)cc1. The van der Waals surface area contributed by atoms with E-state index in [0.29, 0.717) is 0 Å². The summed E-state index contributed by atoms with van der Waals surface area (Å²) < 4.78 is 1.19. The summed E-state index contributed by atoms with van der Waals surface area (Å²) in [5.74, 6) is 0. The van der Waals surface area contributed by atoms with Crippen LogP contribution in [0.2, 0.25) is 0 Å². The van der Waals surface area contributed by atoms with Crippen LogP contribution in [0.1, 0.15) is 16.7 Å². The monoisotopic (exact) mass is 1760 g/mol. The Morgan fingerprint density at radius 2 is 0.338 bits per heavy atom. The Kier molecular flexibility index (Phi) is 17.5. The molecule has 130 heavy (non-hydrogen) atoms. The van der Waals surface area contributed by atoms with Crippen LogP contribution in [0.4, 0.5) is 0 Å². The van der Waals surface area contributed by atoms with Gasteiger partial charge in [0.1, 0.15) is 0 Å². The molecule has 0 saturated heterocycles. The predicted molar refractivity (Wildman–Crippen MR) is 564 cm³/mol. The minimum Gasteiger partial charge on any atom is -0.0622 e. The number of hydrogen-bond donors (Lipinski definition) is 0. The van der Waals surface area contributed by atoms with Crippen molar-refractivity contribution in [1.82, 2.24) is 0 Å². The molecule has 0 amide bonds. The first kappa shape index (κ1) is 75.7. The molecule has 0 nitrogen and oxygen atoms in total. The lowest BCUT2D eigenvalue weighted by atomic mass is 9.72. The maximum atomic E-state index is 2.53. The molecule has 0 unspecified atom stereocenters. The van der Waals surface area contributed by atoms with Crippen molar-refractivity contribution in [2.45, 2.75) is 20.8 Å². The molecule has 0 saturated carbocycles. The Bertz CT molecular complexity index is 8420. The van der Waals surface area contributed by atoms with Crippen molar-refractivity contribution in [3.8, 4) is 189 Å². The first-order chi connectivity index (χ1) is 64.3. The lowest BCUT2D eigenvalue weighted by Crippen LogP contribution is -2.02. The Morgan fingerprint density at radius 1 is 0.115 bits per heavy atom. The van der Waals surface area contributed by atoms with Crippen molar-refractivity contribution in [2.75, 3.05) is 0 Å². The second kappa shape index (κ2) is 30.0. The smallest absolute Gasteiger partial charge is 0.0130 e. The molecule has 0 spiro atoms. The molecule has 1 heteroatoms. The average molecular weight is 1760 g/mol. The van der Waals surface area contributed by atoms with E-state index in [1.807, 2.05) is 0 Å². The minimum atomic E-state index is 1.16. The molecule has 604 valence electrons. The number of rotatable bonds is 13. The van der Waals surface area contributed by atoms with Gasteiger partial charge >= 0.3 is 0 Å². The molecular weight excluding hydrogens is 1680 g/mol. The second-order valence-corrected chi connectivity index (χ2v) is 36.8. The van der Waals surface area contributed by atoms with Gasteiger partial charge in [0, 0.05) is 3.57 Å². The van der Waals surface area contributed by atoms with Gasteiger partial charge in [0.15, 0.2) is 0 Å². The molecule has 0 atom stereocenters. The summed E-state index contributed by atoms with van der Waals surface area (Å²) in [6.45, 7) is 6.61. The summed E-state index contributed by atoms with van der Waals surface area (Å²) in [5, 5.41) is 20.0. The zero-order valence-corrected chi connectivity index (χ0v) is 74.1. The largest absolute Gasteiger partial charge is 0.0622 e. The molecule has 0 aliphatic heterocycles. The van der Waals surface area contributed by atoms with Crippen molar-refractivity contribution in [3.63, 3.8) is 0 Å². The van der Waals surface area contributed by atoms with Gasteiger partial charge in [0.2, 0.25) is 0 Å². The number of aryl methyl sites for hydroxylation is 3. The standard InChI is InChI=1S/C129H81I/c1-76-54-60-87(61-55-76)104-105(88-62-56-77(2)57-63-88)109(80-34-14-5-15-35-80)127-113(84-42-22-9-23-43-84)123-100-72-70-96(93-50-30-53-99(117(93)100)122(123)112(83-40-20-8-21-41-83)126(127)108(104)79-32-12-4-13-33-79)116-92-48-28-29-49-94(92)119-101-74-75-103-121-102(73-71-97(120(101)121)95-51-31-52-98(116)118(95)119)124-114(85-44-24-10-25-45-85)128-110(81-36-16-6-17-37-81)106(89-64-58-78(3)59-65-89)107(90-66-68-91(130)69-67-90)111(82-38-18-7-19-39-82)129(128)115(125(103)124)86-46-26-11-27-47-86/h4-75H,1-3H3. The van der Waals surface area contributed by atoms with E-state index in [0.717, 1.165) is 22.3 Å². The topological polar surface area (TPSA) is 0 Å². The summed E-state index contributed by atoms with van der Waals surface area (Å²) in [4.78, 5) is 0. The summed E-state index contributed by atoms with van der Waals surface area (Å²) in [7, 11) is 0. The Morgan fingerprint density at radius 3 is 0.700 bits per heavy atom. The number of benzene rings is 24. The van der Waals surface area contributed by atoms with E-state index in [-0.39, 0.29) is 0 Å². The summed E-state index contributed by atoms with van der Waals surface area (Å²) in [5.41, 5.74) is 44.7. The first-order valence-corrected chi connectivity index (χ1v) is 46.4. The molecule has 24 aromatic carbocycles. The van der Waals surface area contributed by atoms with Crippen LogP contribution in [-0.4, -0.2) is 0 Å². The van der Waals surface area contributed by atoms with Crippen LogP contribution in [0.25, 0.3) is 275 Å². The van der Waals surface area contributed by atoms with E-state index in [1.165, 1.54) is 273 Å². The highest BCUT2D eigenvalue weighted by Gasteiger charge is 2.40. The van der Waals surface area contributed by atoms with Gasteiger partial charge in [-0.3, -0.25) is 0 Å². The second-order valence-electron chi connectivity index (χ2n) is 35.5. The third-order valence-electron chi connectivity index (χ3n) is 28.3. The van der Waals surface area contributed by atoms with Gasteiger partial charge in [-0.25, -0.2) is 0 Å². The molecule has 0 bridgehead atoms. The molecular formula is C129H81I. The van der Waals surface area contributed by atoms with Crippen molar-refractivity contribution in [3.05, 3.63) is 457 Å². The molecule has 26 rings (SSSR count). The summed E-state index contributed by atoms with van der Waals surface area (Å²) in [6, 6.07) is 167. The maximum Gasteiger partial charge on any atom is 0.0130 e. The molecule has 24 aromatic rings. The molecule has 0 radical (unpaired) electrons. The van der Waals surface area contributed by atoms with Crippen LogP contribution in [0.5, 0.6) is 0 Å². The van der Waals surface area contributed by atoms with Gasteiger partial charge in [-0.2, -0.15) is 0 Å². The van der Waals surface area contributed by atoms with E-state index >= 15 is 0 Å². The molecule has 0 N–H and O–H groups in total.